The second-order valence-electron chi connectivity index (χ2n) is 6.18. The van der Waals surface area contributed by atoms with Gasteiger partial charge in [0.1, 0.15) is 0 Å². The topological polar surface area (TPSA) is 80.8 Å². The summed E-state index contributed by atoms with van der Waals surface area (Å²) >= 11 is 0. The van der Waals surface area contributed by atoms with E-state index in [2.05, 4.69) is 0 Å². The third kappa shape index (κ3) is 3.68. The summed E-state index contributed by atoms with van der Waals surface area (Å²) in [5, 5.41) is 0. The molecule has 0 saturated carbocycles. The lowest BCUT2D eigenvalue weighted by molar-refractivity contribution is -0.145. The van der Waals surface area contributed by atoms with Crippen LogP contribution < -0.4 is 0 Å². The van der Waals surface area contributed by atoms with Crippen LogP contribution in [0.1, 0.15) is 29.6 Å². The van der Waals surface area contributed by atoms with Crippen molar-refractivity contribution < 1.29 is 23.9 Å². The van der Waals surface area contributed by atoms with E-state index in [-0.39, 0.29) is 49.0 Å². The van der Waals surface area contributed by atoms with Crippen molar-refractivity contribution in [3.05, 3.63) is 48.0 Å². The lowest BCUT2D eigenvalue weighted by Crippen LogP contribution is -2.33. The summed E-state index contributed by atoms with van der Waals surface area (Å²) in [7, 11) is 0. The molecular weight excluding hydrogens is 322 g/mol. The van der Waals surface area contributed by atoms with Gasteiger partial charge in [-0.15, -0.1) is 0 Å². The number of carbonyl (C=O) groups is 4. The van der Waals surface area contributed by atoms with E-state index in [4.69, 9.17) is 4.74 Å². The van der Waals surface area contributed by atoms with Crippen molar-refractivity contribution in [3.63, 3.8) is 0 Å². The van der Waals surface area contributed by atoms with Gasteiger partial charge in [-0.1, -0.05) is 42.5 Å². The van der Waals surface area contributed by atoms with E-state index >= 15 is 0 Å². The highest BCUT2D eigenvalue weighted by Crippen LogP contribution is 2.34. The predicted molar refractivity (Wildman–Crippen MR) is 88.4 cm³/mol. The van der Waals surface area contributed by atoms with Crippen LogP contribution in [-0.2, 0) is 19.1 Å². The van der Waals surface area contributed by atoms with Crippen molar-refractivity contribution in [2.75, 3.05) is 13.2 Å². The molecule has 2 aliphatic rings. The molecular formula is C19H19NO5. The highest BCUT2D eigenvalue weighted by atomic mass is 16.5. The van der Waals surface area contributed by atoms with Gasteiger partial charge >= 0.3 is 5.97 Å². The van der Waals surface area contributed by atoms with E-state index in [1.807, 2.05) is 12.2 Å². The van der Waals surface area contributed by atoms with Gasteiger partial charge in [0.05, 0.1) is 18.3 Å². The maximum atomic E-state index is 12.3. The Balaban J connectivity index is 1.47. The Bertz CT molecular complexity index is 699. The molecule has 0 radical (unpaired) electrons. The van der Waals surface area contributed by atoms with Crippen LogP contribution in [0, 0.1) is 11.8 Å². The molecule has 130 valence electrons. The molecule has 2 amide bonds. The first-order valence-corrected chi connectivity index (χ1v) is 8.32. The molecule has 2 atom stereocenters. The SMILES string of the molecule is O=C(CCN1C(=O)[C@H]2CC=CC[C@@H]2C1=O)OCC(=O)c1ccccc1. The van der Waals surface area contributed by atoms with E-state index in [9.17, 15) is 19.2 Å². The molecule has 1 aliphatic heterocycles. The minimum Gasteiger partial charge on any atom is -0.457 e. The van der Waals surface area contributed by atoms with Gasteiger partial charge < -0.3 is 4.74 Å². The first-order chi connectivity index (χ1) is 12.1. The Labute approximate surface area is 145 Å². The smallest absolute Gasteiger partial charge is 0.308 e. The van der Waals surface area contributed by atoms with Crippen LogP contribution in [0.3, 0.4) is 0 Å². The fourth-order valence-corrected chi connectivity index (χ4v) is 3.22. The van der Waals surface area contributed by atoms with Gasteiger partial charge in [-0.3, -0.25) is 24.1 Å². The van der Waals surface area contributed by atoms with Crippen LogP contribution in [-0.4, -0.2) is 41.6 Å². The summed E-state index contributed by atoms with van der Waals surface area (Å²) in [5.74, 6) is -1.92. The van der Waals surface area contributed by atoms with Gasteiger partial charge in [-0.25, -0.2) is 0 Å². The Morgan fingerprint density at radius 3 is 2.20 bits per heavy atom. The van der Waals surface area contributed by atoms with Crippen molar-refractivity contribution in [3.8, 4) is 0 Å². The molecule has 1 aromatic rings. The van der Waals surface area contributed by atoms with Crippen LogP contribution in [0.15, 0.2) is 42.5 Å². The molecule has 0 spiro atoms. The molecule has 1 saturated heterocycles. The predicted octanol–water partition coefficient (Wildman–Crippen LogP) is 1.75. The first kappa shape index (κ1) is 17.1. The number of likely N-dealkylation sites (tertiary alicyclic amines) is 1. The molecule has 3 rings (SSSR count). The number of rotatable bonds is 6. The maximum Gasteiger partial charge on any atom is 0.308 e. The molecule has 1 heterocycles. The van der Waals surface area contributed by atoms with Gasteiger partial charge in [-0.05, 0) is 12.8 Å². The third-order valence-corrected chi connectivity index (χ3v) is 4.60. The minimum absolute atomic E-state index is 0.00300. The Hall–Kier alpha value is -2.76. The Morgan fingerprint density at radius 2 is 1.60 bits per heavy atom. The van der Waals surface area contributed by atoms with Crippen molar-refractivity contribution >= 4 is 23.6 Å². The third-order valence-electron chi connectivity index (χ3n) is 4.60. The van der Waals surface area contributed by atoms with Gasteiger partial charge in [0.2, 0.25) is 11.8 Å². The number of esters is 1. The molecule has 6 heteroatoms. The number of imide groups is 1. The number of hydrogen-bond acceptors (Lipinski definition) is 5. The quantitative estimate of drug-likeness (QED) is 0.341. The Morgan fingerprint density at radius 1 is 1.00 bits per heavy atom. The number of allylic oxidation sites excluding steroid dienone is 2. The largest absolute Gasteiger partial charge is 0.457 e. The van der Waals surface area contributed by atoms with Crippen LogP contribution in [0.4, 0.5) is 0 Å². The van der Waals surface area contributed by atoms with Gasteiger partial charge in [0.15, 0.2) is 12.4 Å². The fourth-order valence-electron chi connectivity index (χ4n) is 3.22. The van der Waals surface area contributed by atoms with E-state index in [0.717, 1.165) is 4.90 Å². The number of carbonyl (C=O) groups excluding carboxylic acids is 4. The minimum atomic E-state index is -0.599. The summed E-state index contributed by atoms with van der Waals surface area (Å²) in [6.07, 6.45) is 4.87. The van der Waals surface area contributed by atoms with Crippen LogP contribution >= 0.6 is 0 Å². The zero-order valence-corrected chi connectivity index (χ0v) is 13.7. The summed E-state index contributed by atoms with van der Waals surface area (Å²) in [4.78, 5) is 49.4. The van der Waals surface area contributed by atoms with E-state index in [1.54, 1.807) is 30.3 Å². The van der Waals surface area contributed by atoms with Gasteiger partial charge in [-0.2, -0.15) is 0 Å². The van der Waals surface area contributed by atoms with Crippen LogP contribution in [0.5, 0.6) is 0 Å². The second kappa shape index (κ2) is 7.42. The zero-order chi connectivity index (χ0) is 17.8. The number of Topliss-reactive ketones (excluding diaryl/α,β-unsaturated/α-hetero) is 1. The number of fused-ring (bicyclic) bond motifs is 1. The standard InChI is InChI=1S/C19H19NO5/c21-16(13-6-2-1-3-7-13)12-25-17(22)10-11-20-18(23)14-8-4-5-9-15(14)19(20)24/h1-7,14-15H,8-12H2/t14-,15-/m0/s1. The lowest BCUT2D eigenvalue weighted by atomic mass is 9.85. The van der Waals surface area contributed by atoms with Crippen molar-refractivity contribution in [2.24, 2.45) is 11.8 Å². The van der Waals surface area contributed by atoms with Gasteiger partial charge in [0.25, 0.3) is 0 Å². The summed E-state index contributed by atoms with van der Waals surface area (Å²) < 4.78 is 4.96. The molecule has 0 N–H and O–H groups in total. The fraction of sp³-hybridized carbons (Fsp3) is 0.368. The molecule has 25 heavy (non-hydrogen) atoms. The van der Waals surface area contributed by atoms with E-state index in [0.29, 0.717) is 18.4 Å². The lowest BCUT2D eigenvalue weighted by Gasteiger charge is -2.14. The molecule has 0 bridgehead atoms. The highest BCUT2D eigenvalue weighted by Gasteiger charge is 2.46. The average Bonchev–Trinajstić information content (AvgIpc) is 2.89. The molecule has 1 aliphatic carbocycles. The number of nitrogens with zero attached hydrogens (tertiary/aromatic N) is 1. The number of ether oxygens (including phenoxy) is 1. The monoisotopic (exact) mass is 341 g/mol. The highest BCUT2D eigenvalue weighted by molar-refractivity contribution is 6.05. The summed E-state index contributed by atoms with van der Waals surface area (Å²) in [6, 6.07) is 8.54. The van der Waals surface area contributed by atoms with Crippen molar-refractivity contribution in [1.29, 1.82) is 0 Å². The van der Waals surface area contributed by atoms with E-state index in [1.165, 1.54) is 0 Å². The molecule has 6 nitrogen and oxygen atoms in total. The molecule has 1 aromatic carbocycles. The number of amides is 2. The zero-order valence-electron chi connectivity index (χ0n) is 13.7. The van der Waals surface area contributed by atoms with E-state index < -0.39 is 5.97 Å². The molecule has 0 aromatic heterocycles. The molecule has 1 fully saturated rings. The van der Waals surface area contributed by atoms with Crippen LogP contribution in [0.2, 0.25) is 0 Å². The van der Waals surface area contributed by atoms with Crippen molar-refractivity contribution in [1.82, 2.24) is 4.90 Å². The number of ketones is 1. The van der Waals surface area contributed by atoms with Crippen molar-refractivity contribution in [2.45, 2.75) is 19.3 Å². The summed E-state index contributed by atoms with van der Waals surface area (Å²) in [6.45, 7) is -0.344. The number of benzene rings is 1. The van der Waals surface area contributed by atoms with Crippen LogP contribution in [0.25, 0.3) is 0 Å². The maximum absolute atomic E-state index is 12.3. The normalized spacial score (nSPS) is 22.0. The Kier molecular flexibility index (Phi) is 5.07. The van der Waals surface area contributed by atoms with Gasteiger partial charge in [0, 0.05) is 12.1 Å². The molecule has 0 unspecified atom stereocenters. The number of hydrogen-bond donors (Lipinski definition) is 0. The first-order valence-electron chi connectivity index (χ1n) is 8.32. The summed E-state index contributed by atoms with van der Waals surface area (Å²) in [5.41, 5.74) is 0.469. The average molecular weight is 341 g/mol. The second-order valence-corrected chi connectivity index (χ2v) is 6.18.